The summed E-state index contributed by atoms with van der Waals surface area (Å²) in [6, 6.07) is 12.1. The molecule has 0 atom stereocenters. The minimum absolute atomic E-state index is 0.195. The lowest BCUT2D eigenvalue weighted by molar-refractivity contribution is -0.117. The molecule has 2 aliphatic rings. The zero-order valence-electron chi connectivity index (χ0n) is 16.2. The molecule has 6 heteroatoms. The molecular weight excluding hydrogens is 368 g/mol. The second kappa shape index (κ2) is 7.87. The molecule has 2 aromatic rings. The van der Waals surface area contributed by atoms with E-state index in [4.69, 9.17) is 12.2 Å². The second-order valence-electron chi connectivity index (χ2n) is 7.73. The molecule has 1 aliphatic carbocycles. The standard InChI is InChI=1S/C22H26N4OS/c1-16-9-10-17(15-18(16)26-14-6-8-20(26)27)24-21(28)25-22(11-3-4-12-22)19-7-2-5-13-23-19/h2,5,7,9-10,13,15H,3-4,6,8,11-12,14H2,1H3,(H2,24,25,28). The van der Waals surface area contributed by atoms with Gasteiger partial charge in [-0.1, -0.05) is 25.0 Å². The number of aryl methyl sites for hydroxylation is 1. The van der Waals surface area contributed by atoms with Crippen LogP contribution in [0.5, 0.6) is 0 Å². The van der Waals surface area contributed by atoms with Gasteiger partial charge in [-0.2, -0.15) is 0 Å². The lowest BCUT2D eigenvalue weighted by Gasteiger charge is -2.31. The highest BCUT2D eigenvalue weighted by Crippen LogP contribution is 2.38. The Hall–Kier alpha value is -2.47. The summed E-state index contributed by atoms with van der Waals surface area (Å²) in [5, 5.41) is 7.46. The Labute approximate surface area is 171 Å². The van der Waals surface area contributed by atoms with E-state index in [-0.39, 0.29) is 11.4 Å². The highest BCUT2D eigenvalue weighted by Gasteiger charge is 2.37. The number of hydrogen-bond acceptors (Lipinski definition) is 3. The average Bonchev–Trinajstić information content (AvgIpc) is 3.34. The molecule has 4 rings (SSSR count). The van der Waals surface area contributed by atoms with E-state index in [1.165, 1.54) is 0 Å². The monoisotopic (exact) mass is 394 g/mol. The van der Waals surface area contributed by atoms with Crippen molar-refractivity contribution in [2.24, 2.45) is 0 Å². The number of rotatable bonds is 4. The molecule has 5 nitrogen and oxygen atoms in total. The van der Waals surface area contributed by atoms with Crippen molar-refractivity contribution in [3.05, 3.63) is 53.9 Å². The van der Waals surface area contributed by atoms with Gasteiger partial charge in [0.1, 0.15) is 0 Å². The van der Waals surface area contributed by atoms with Crippen LogP contribution < -0.4 is 15.5 Å². The van der Waals surface area contributed by atoms with Crippen LogP contribution in [0.2, 0.25) is 0 Å². The average molecular weight is 395 g/mol. The van der Waals surface area contributed by atoms with Gasteiger partial charge in [-0.25, -0.2) is 0 Å². The first kappa shape index (κ1) is 18.9. The van der Waals surface area contributed by atoms with Gasteiger partial charge in [0.2, 0.25) is 5.91 Å². The SMILES string of the molecule is Cc1ccc(NC(=S)NC2(c3ccccn3)CCCC2)cc1N1CCCC1=O. The van der Waals surface area contributed by atoms with Crippen molar-refractivity contribution in [1.29, 1.82) is 0 Å². The van der Waals surface area contributed by atoms with Crippen LogP contribution in [0.15, 0.2) is 42.6 Å². The van der Waals surface area contributed by atoms with Crippen molar-refractivity contribution < 1.29 is 4.79 Å². The van der Waals surface area contributed by atoms with Crippen molar-refractivity contribution >= 4 is 34.6 Å². The third kappa shape index (κ3) is 3.74. The number of hydrogen-bond donors (Lipinski definition) is 2. The van der Waals surface area contributed by atoms with Crippen molar-refractivity contribution in [2.45, 2.75) is 51.0 Å². The third-order valence-electron chi connectivity index (χ3n) is 5.80. The number of amides is 1. The fourth-order valence-electron chi connectivity index (χ4n) is 4.33. The Bertz CT molecular complexity index is 877. The van der Waals surface area contributed by atoms with E-state index >= 15 is 0 Å². The van der Waals surface area contributed by atoms with E-state index in [1.807, 2.05) is 48.4 Å². The molecule has 2 fully saturated rings. The highest BCUT2D eigenvalue weighted by molar-refractivity contribution is 7.80. The summed E-state index contributed by atoms with van der Waals surface area (Å²) in [4.78, 5) is 18.6. The zero-order valence-corrected chi connectivity index (χ0v) is 17.0. The molecule has 1 aromatic carbocycles. The maximum atomic E-state index is 12.2. The van der Waals surface area contributed by atoms with E-state index in [0.717, 1.165) is 61.3 Å². The quantitative estimate of drug-likeness (QED) is 0.759. The zero-order chi connectivity index (χ0) is 19.6. The summed E-state index contributed by atoms with van der Waals surface area (Å²) in [5.41, 5.74) is 3.80. The molecule has 1 aliphatic heterocycles. The molecule has 2 heterocycles. The fraction of sp³-hybridized carbons (Fsp3) is 0.409. The van der Waals surface area contributed by atoms with E-state index in [1.54, 1.807) is 0 Å². The van der Waals surface area contributed by atoms with Gasteiger partial charge in [-0.15, -0.1) is 0 Å². The van der Waals surface area contributed by atoms with Gasteiger partial charge in [-0.3, -0.25) is 9.78 Å². The van der Waals surface area contributed by atoms with Crippen LogP contribution >= 0.6 is 12.2 Å². The van der Waals surface area contributed by atoms with Crippen LogP contribution in [0.1, 0.15) is 49.8 Å². The maximum absolute atomic E-state index is 12.2. The van der Waals surface area contributed by atoms with E-state index in [2.05, 4.69) is 21.7 Å². The van der Waals surface area contributed by atoms with Crippen molar-refractivity contribution in [1.82, 2.24) is 10.3 Å². The topological polar surface area (TPSA) is 57.3 Å². The molecule has 1 aromatic heterocycles. The van der Waals surface area contributed by atoms with Gasteiger partial charge < -0.3 is 15.5 Å². The summed E-state index contributed by atoms with van der Waals surface area (Å²) in [7, 11) is 0. The predicted molar refractivity (Wildman–Crippen MR) is 117 cm³/mol. The largest absolute Gasteiger partial charge is 0.351 e. The molecule has 28 heavy (non-hydrogen) atoms. The molecule has 0 spiro atoms. The number of carbonyl (C=O) groups is 1. The van der Waals surface area contributed by atoms with Crippen LogP contribution in [-0.4, -0.2) is 22.5 Å². The number of anilines is 2. The van der Waals surface area contributed by atoms with Crippen molar-refractivity contribution in [3.63, 3.8) is 0 Å². The Morgan fingerprint density at radius 1 is 1.18 bits per heavy atom. The van der Waals surface area contributed by atoms with E-state index in [0.29, 0.717) is 11.5 Å². The van der Waals surface area contributed by atoms with Crippen molar-refractivity contribution in [3.8, 4) is 0 Å². The number of carbonyl (C=O) groups excluding carboxylic acids is 1. The lowest BCUT2D eigenvalue weighted by atomic mass is 9.93. The normalized spacial score (nSPS) is 18.3. The Kier molecular flexibility index (Phi) is 5.31. The number of nitrogens with one attached hydrogen (secondary N) is 2. The maximum Gasteiger partial charge on any atom is 0.227 e. The van der Waals surface area contributed by atoms with Gasteiger partial charge in [0.15, 0.2) is 5.11 Å². The van der Waals surface area contributed by atoms with Gasteiger partial charge in [0.25, 0.3) is 0 Å². The third-order valence-corrected chi connectivity index (χ3v) is 6.00. The van der Waals surface area contributed by atoms with Crippen LogP contribution in [0.25, 0.3) is 0 Å². The summed E-state index contributed by atoms with van der Waals surface area (Å²) < 4.78 is 0. The minimum atomic E-state index is -0.205. The van der Waals surface area contributed by atoms with E-state index < -0.39 is 0 Å². The first-order chi connectivity index (χ1) is 13.6. The smallest absolute Gasteiger partial charge is 0.227 e. The minimum Gasteiger partial charge on any atom is -0.351 e. The molecule has 146 valence electrons. The first-order valence-corrected chi connectivity index (χ1v) is 10.4. The van der Waals surface area contributed by atoms with Crippen LogP contribution in [-0.2, 0) is 10.3 Å². The molecule has 1 saturated carbocycles. The Balaban J connectivity index is 1.51. The number of thiocarbonyl (C=S) groups is 1. The molecule has 1 saturated heterocycles. The Morgan fingerprint density at radius 2 is 2.00 bits per heavy atom. The number of nitrogens with zero attached hydrogens (tertiary/aromatic N) is 2. The molecule has 0 radical (unpaired) electrons. The highest BCUT2D eigenvalue weighted by atomic mass is 32.1. The second-order valence-corrected chi connectivity index (χ2v) is 8.14. The summed E-state index contributed by atoms with van der Waals surface area (Å²) in [6.45, 7) is 2.82. The molecule has 2 N–H and O–H groups in total. The van der Waals surface area contributed by atoms with Gasteiger partial charge in [-0.05, 0) is 68.2 Å². The summed E-state index contributed by atoms with van der Waals surface area (Å²) in [6.07, 6.45) is 7.76. The van der Waals surface area contributed by atoms with E-state index in [9.17, 15) is 4.79 Å². The lowest BCUT2D eigenvalue weighted by Crippen LogP contribution is -2.46. The van der Waals surface area contributed by atoms with Crippen LogP contribution in [0.4, 0.5) is 11.4 Å². The Morgan fingerprint density at radius 3 is 2.68 bits per heavy atom. The number of benzene rings is 1. The molecule has 0 bridgehead atoms. The van der Waals surface area contributed by atoms with Gasteiger partial charge in [0, 0.05) is 30.5 Å². The fourth-order valence-corrected chi connectivity index (χ4v) is 4.64. The van der Waals surface area contributed by atoms with Crippen molar-refractivity contribution in [2.75, 3.05) is 16.8 Å². The molecule has 0 unspecified atom stereocenters. The van der Waals surface area contributed by atoms with Crippen LogP contribution in [0.3, 0.4) is 0 Å². The first-order valence-electron chi connectivity index (χ1n) is 9.99. The van der Waals surface area contributed by atoms with Crippen LogP contribution in [0, 0.1) is 6.92 Å². The summed E-state index contributed by atoms with van der Waals surface area (Å²) >= 11 is 5.65. The molecular formula is C22H26N4OS. The summed E-state index contributed by atoms with van der Waals surface area (Å²) in [5.74, 6) is 0.195. The van der Waals surface area contributed by atoms with Gasteiger partial charge >= 0.3 is 0 Å². The number of aromatic nitrogens is 1. The number of pyridine rings is 1. The van der Waals surface area contributed by atoms with Gasteiger partial charge in [0.05, 0.1) is 11.2 Å². The predicted octanol–water partition coefficient (Wildman–Crippen LogP) is 4.27. The molecule has 1 amide bonds.